The Morgan fingerprint density at radius 1 is 1.07 bits per heavy atom. The van der Waals surface area contributed by atoms with E-state index in [-0.39, 0.29) is 18.9 Å². The number of benzene rings is 2. The summed E-state index contributed by atoms with van der Waals surface area (Å²) < 4.78 is 11.3. The first-order chi connectivity index (χ1) is 13.0. The van der Waals surface area contributed by atoms with Crippen LogP contribution in [-0.4, -0.2) is 31.2 Å². The highest BCUT2D eigenvalue weighted by Crippen LogP contribution is 2.17. The van der Waals surface area contributed by atoms with Crippen molar-refractivity contribution in [1.29, 1.82) is 0 Å². The van der Waals surface area contributed by atoms with Crippen LogP contribution < -0.4 is 20.2 Å². The Balaban J connectivity index is 1.74. The molecule has 8 heteroatoms. The van der Waals surface area contributed by atoms with Crippen molar-refractivity contribution in [3.05, 3.63) is 53.0 Å². The maximum atomic E-state index is 12.0. The average Bonchev–Trinajstić information content (AvgIpc) is 2.65. The lowest BCUT2D eigenvalue weighted by molar-refractivity contribution is -0.123. The largest absolute Gasteiger partial charge is 0.497 e. The van der Waals surface area contributed by atoms with Gasteiger partial charge in [-0.05, 0) is 49.4 Å². The lowest BCUT2D eigenvalue weighted by Gasteiger charge is -2.07. The van der Waals surface area contributed by atoms with E-state index < -0.39 is 5.91 Å². The highest BCUT2D eigenvalue weighted by atomic mass is 79.9. The van der Waals surface area contributed by atoms with Crippen LogP contribution in [0.25, 0.3) is 0 Å². The smallest absolute Gasteiger partial charge is 0.277 e. The molecule has 0 heterocycles. The number of rotatable bonds is 8. The molecule has 0 radical (unpaired) electrons. The number of carbonyl (C=O) groups excluding carboxylic acids is 2. The predicted octanol–water partition coefficient (Wildman–Crippen LogP) is 3.36. The number of methoxy groups -OCH3 is 1. The molecule has 0 aromatic heterocycles. The summed E-state index contributed by atoms with van der Waals surface area (Å²) in [5, 5.41) is 6.67. The minimum Gasteiger partial charge on any atom is -0.497 e. The summed E-state index contributed by atoms with van der Waals surface area (Å²) in [4.78, 5) is 23.8. The average molecular weight is 434 g/mol. The van der Waals surface area contributed by atoms with Crippen molar-refractivity contribution < 1.29 is 19.1 Å². The van der Waals surface area contributed by atoms with Crippen molar-refractivity contribution in [2.45, 2.75) is 13.3 Å². The monoisotopic (exact) mass is 433 g/mol. The molecule has 2 N–H and O–H groups in total. The Hall–Kier alpha value is -2.87. The number of nitrogens with one attached hydrogen (secondary N) is 2. The van der Waals surface area contributed by atoms with E-state index in [0.29, 0.717) is 22.9 Å². The van der Waals surface area contributed by atoms with Crippen LogP contribution in [0.2, 0.25) is 0 Å². The van der Waals surface area contributed by atoms with Gasteiger partial charge >= 0.3 is 0 Å². The fourth-order valence-corrected chi connectivity index (χ4v) is 2.45. The molecule has 0 saturated heterocycles. The van der Waals surface area contributed by atoms with Crippen LogP contribution in [0, 0.1) is 0 Å². The molecule has 2 amide bonds. The number of hydrogen-bond acceptors (Lipinski definition) is 5. The Morgan fingerprint density at radius 3 is 2.44 bits per heavy atom. The van der Waals surface area contributed by atoms with E-state index in [9.17, 15) is 9.59 Å². The molecule has 0 aliphatic heterocycles. The second-order valence-corrected chi connectivity index (χ2v) is 6.50. The van der Waals surface area contributed by atoms with Crippen LogP contribution >= 0.6 is 15.9 Å². The Bertz CT molecular complexity index is 822. The number of ether oxygens (including phenoxy) is 2. The highest BCUT2D eigenvalue weighted by Gasteiger charge is 2.07. The fourth-order valence-electron chi connectivity index (χ4n) is 2.05. The molecular weight excluding hydrogens is 414 g/mol. The van der Waals surface area contributed by atoms with Crippen LogP contribution in [0.1, 0.15) is 13.3 Å². The van der Waals surface area contributed by atoms with Crippen molar-refractivity contribution in [2.75, 3.05) is 19.0 Å². The maximum Gasteiger partial charge on any atom is 0.277 e. The zero-order valence-electron chi connectivity index (χ0n) is 15.0. The van der Waals surface area contributed by atoms with E-state index in [1.165, 1.54) is 0 Å². The lowest BCUT2D eigenvalue weighted by Crippen LogP contribution is -2.26. The minimum absolute atomic E-state index is 0.0616. The number of hydrogen-bond donors (Lipinski definition) is 2. The first kappa shape index (κ1) is 20.4. The molecule has 2 aromatic rings. The van der Waals surface area contributed by atoms with Gasteiger partial charge in [0.1, 0.15) is 11.5 Å². The van der Waals surface area contributed by atoms with Gasteiger partial charge in [-0.3, -0.25) is 9.59 Å². The molecule has 0 aliphatic rings. The second kappa shape index (κ2) is 10.3. The standard InChI is InChI=1S/C19H20BrN3O4/c1-13(10-18(24)21-15-5-3-4-14(20)11-15)22-23-19(25)12-27-17-8-6-16(26-2)7-9-17/h3-9,11H,10,12H2,1-2H3,(H,21,24)(H,23,25)/b22-13-. The van der Waals surface area contributed by atoms with Crippen molar-refractivity contribution in [3.8, 4) is 11.5 Å². The van der Waals surface area contributed by atoms with Crippen molar-refractivity contribution in [3.63, 3.8) is 0 Å². The third kappa shape index (κ3) is 7.49. The summed E-state index contributed by atoms with van der Waals surface area (Å²) in [5.74, 6) is 0.601. The molecule has 2 rings (SSSR count). The van der Waals surface area contributed by atoms with Gasteiger partial charge in [0, 0.05) is 15.9 Å². The van der Waals surface area contributed by atoms with Crippen LogP contribution in [0.3, 0.4) is 0 Å². The van der Waals surface area contributed by atoms with Gasteiger partial charge in [0.2, 0.25) is 5.91 Å². The van der Waals surface area contributed by atoms with E-state index in [0.717, 1.165) is 4.47 Å². The highest BCUT2D eigenvalue weighted by molar-refractivity contribution is 9.10. The number of halogens is 1. The first-order valence-electron chi connectivity index (χ1n) is 8.10. The van der Waals surface area contributed by atoms with Crippen LogP contribution in [0.15, 0.2) is 58.1 Å². The van der Waals surface area contributed by atoms with Gasteiger partial charge in [0.05, 0.1) is 13.5 Å². The van der Waals surface area contributed by atoms with E-state index in [4.69, 9.17) is 9.47 Å². The van der Waals surface area contributed by atoms with Crippen molar-refractivity contribution in [2.24, 2.45) is 5.10 Å². The van der Waals surface area contributed by atoms with Gasteiger partial charge in [0.15, 0.2) is 6.61 Å². The van der Waals surface area contributed by atoms with Crippen molar-refractivity contribution >= 4 is 39.1 Å². The molecule has 0 fully saturated rings. The molecule has 0 saturated carbocycles. The molecule has 0 aliphatic carbocycles. The van der Waals surface area contributed by atoms with E-state index in [2.05, 4.69) is 31.8 Å². The summed E-state index contributed by atoms with van der Waals surface area (Å²) in [6.45, 7) is 1.47. The number of carbonyl (C=O) groups is 2. The Kier molecular flexibility index (Phi) is 7.81. The topological polar surface area (TPSA) is 89.0 Å². The van der Waals surface area contributed by atoms with Crippen LogP contribution in [-0.2, 0) is 9.59 Å². The van der Waals surface area contributed by atoms with E-state index in [1.807, 2.05) is 12.1 Å². The Labute approximate surface area is 165 Å². The number of hydrazone groups is 1. The molecule has 2 aromatic carbocycles. The van der Waals surface area contributed by atoms with Gasteiger partial charge in [-0.25, -0.2) is 5.43 Å². The molecule has 142 valence electrons. The summed E-state index contributed by atoms with van der Waals surface area (Å²) in [5.41, 5.74) is 3.52. The summed E-state index contributed by atoms with van der Waals surface area (Å²) >= 11 is 3.34. The van der Waals surface area contributed by atoms with E-state index >= 15 is 0 Å². The zero-order chi connectivity index (χ0) is 19.6. The number of nitrogens with zero attached hydrogens (tertiary/aromatic N) is 1. The summed E-state index contributed by atoms with van der Waals surface area (Å²) in [6, 6.07) is 14.1. The molecule has 0 bridgehead atoms. The molecule has 0 atom stereocenters. The van der Waals surface area contributed by atoms with E-state index in [1.54, 1.807) is 50.4 Å². The van der Waals surface area contributed by atoms with Gasteiger partial charge in [-0.1, -0.05) is 22.0 Å². The summed E-state index contributed by atoms with van der Waals surface area (Å²) in [7, 11) is 1.57. The molecule has 0 unspecified atom stereocenters. The molecule has 27 heavy (non-hydrogen) atoms. The number of amides is 2. The summed E-state index contributed by atoms with van der Waals surface area (Å²) in [6.07, 6.45) is 0.0616. The maximum absolute atomic E-state index is 12.0. The molecule has 0 spiro atoms. The molecular formula is C19H20BrN3O4. The Morgan fingerprint density at radius 2 is 1.78 bits per heavy atom. The first-order valence-corrected chi connectivity index (χ1v) is 8.90. The predicted molar refractivity (Wildman–Crippen MR) is 107 cm³/mol. The van der Waals surface area contributed by atoms with Crippen molar-refractivity contribution in [1.82, 2.24) is 5.43 Å². The van der Waals surface area contributed by atoms with Gasteiger partial charge in [-0.2, -0.15) is 5.10 Å². The third-order valence-corrected chi connectivity index (χ3v) is 3.82. The lowest BCUT2D eigenvalue weighted by atomic mass is 10.2. The van der Waals surface area contributed by atoms with Gasteiger partial charge in [0.25, 0.3) is 5.91 Å². The van der Waals surface area contributed by atoms with Gasteiger partial charge in [-0.15, -0.1) is 0 Å². The minimum atomic E-state index is -0.419. The molecule has 7 nitrogen and oxygen atoms in total. The number of anilines is 1. The van der Waals surface area contributed by atoms with Gasteiger partial charge < -0.3 is 14.8 Å². The third-order valence-electron chi connectivity index (χ3n) is 3.33. The van der Waals surface area contributed by atoms with Crippen LogP contribution in [0.4, 0.5) is 5.69 Å². The normalized spacial score (nSPS) is 10.9. The second-order valence-electron chi connectivity index (χ2n) is 5.58. The quantitative estimate of drug-likeness (QED) is 0.493. The zero-order valence-corrected chi connectivity index (χ0v) is 16.6. The SMILES string of the molecule is COc1ccc(OCC(=O)N/N=C(/C)CC(=O)Nc2cccc(Br)c2)cc1. The van der Waals surface area contributed by atoms with Crippen LogP contribution in [0.5, 0.6) is 11.5 Å². The fraction of sp³-hybridized carbons (Fsp3) is 0.211.